The lowest BCUT2D eigenvalue weighted by Crippen LogP contribution is -2.39. The normalized spacial score (nSPS) is 11.0. The van der Waals surface area contributed by atoms with Gasteiger partial charge in [0.15, 0.2) is 0 Å². The van der Waals surface area contributed by atoms with Crippen molar-refractivity contribution in [2.75, 3.05) is 20.3 Å². The van der Waals surface area contributed by atoms with E-state index in [9.17, 15) is 9.59 Å². The van der Waals surface area contributed by atoms with E-state index in [4.69, 9.17) is 27.9 Å². The number of benzene rings is 1. The van der Waals surface area contributed by atoms with Crippen LogP contribution in [0.3, 0.4) is 0 Å². The summed E-state index contributed by atoms with van der Waals surface area (Å²) in [5.41, 5.74) is 5.57. The minimum Gasteiger partial charge on any atom is -0.383 e. The lowest BCUT2D eigenvalue weighted by Gasteiger charge is -2.11. The molecule has 0 saturated heterocycles. The molecule has 0 bridgehead atoms. The summed E-state index contributed by atoms with van der Waals surface area (Å²) >= 11 is 12.3. The molecule has 1 heterocycles. The molecule has 0 aliphatic rings. The number of amides is 2. The summed E-state index contributed by atoms with van der Waals surface area (Å²) in [7, 11) is 1.50. The van der Waals surface area contributed by atoms with Crippen molar-refractivity contribution in [1.29, 1.82) is 0 Å². The third kappa shape index (κ3) is 5.32. The van der Waals surface area contributed by atoms with Gasteiger partial charge in [-0.25, -0.2) is 5.43 Å². The first kappa shape index (κ1) is 21.0. The number of hydrogen-bond acceptors (Lipinski definition) is 4. The molecule has 2 aromatic rings. The van der Waals surface area contributed by atoms with Crippen molar-refractivity contribution >= 4 is 41.2 Å². The maximum Gasteiger partial charge on any atom is 0.329 e. The quantitative estimate of drug-likeness (QED) is 0.332. The van der Waals surface area contributed by atoms with Crippen LogP contribution in [0.4, 0.5) is 0 Å². The number of rotatable bonds is 6. The Morgan fingerprint density at radius 2 is 1.96 bits per heavy atom. The van der Waals surface area contributed by atoms with Crippen LogP contribution in [0.25, 0.3) is 5.69 Å². The van der Waals surface area contributed by atoms with E-state index in [1.54, 1.807) is 12.1 Å². The highest BCUT2D eigenvalue weighted by atomic mass is 35.5. The number of carbonyl (C=O) groups excluding carboxylic acids is 2. The zero-order chi connectivity index (χ0) is 20.0. The Morgan fingerprint density at radius 3 is 2.63 bits per heavy atom. The van der Waals surface area contributed by atoms with Crippen LogP contribution in [0.15, 0.2) is 29.4 Å². The number of hydrogen-bond donors (Lipinski definition) is 2. The second kappa shape index (κ2) is 9.55. The average molecular weight is 411 g/mol. The average Bonchev–Trinajstić information content (AvgIpc) is 2.89. The number of ether oxygens (including phenoxy) is 1. The highest BCUT2D eigenvalue weighted by Gasteiger charge is 2.14. The fraction of sp³-hybridized carbons (Fsp3) is 0.278. The highest BCUT2D eigenvalue weighted by molar-refractivity contribution is 6.36. The maximum atomic E-state index is 11.7. The van der Waals surface area contributed by atoms with Crippen LogP contribution >= 0.6 is 23.2 Å². The topological polar surface area (TPSA) is 84.7 Å². The Bertz CT molecular complexity index is 878. The number of methoxy groups -OCH3 is 1. The number of nitrogens with zero attached hydrogens (tertiary/aromatic N) is 2. The van der Waals surface area contributed by atoms with Gasteiger partial charge in [0.1, 0.15) is 0 Å². The largest absolute Gasteiger partial charge is 0.383 e. The van der Waals surface area contributed by atoms with Crippen molar-refractivity contribution in [2.24, 2.45) is 5.10 Å². The lowest BCUT2D eigenvalue weighted by molar-refractivity contribution is -0.139. The molecule has 0 unspecified atom stereocenters. The van der Waals surface area contributed by atoms with Crippen molar-refractivity contribution in [3.8, 4) is 5.69 Å². The monoisotopic (exact) mass is 410 g/mol. The van der Waals surface area contributed by atoms with Gasteiger partial charge in [0.25, 0.3) is 0 Å². The number of carbonyl (C=O) groups is 2. The summed E-state index contributed by atoms with van der Waals surface area (Å²) in [6, 6.07) is 7.16. The van der Waals surface area contributed by atoms with Gasteiger partial charge < -0.3 is 14.6 Å². The summed E-state index contributed by atoms with van der Waals surface area (Å²) in [5.74, 6) is -1.63. The Labute approximate surface area is 167 Å². The maximum absolute atomic E-state index is 11.7. The number of hydrazone groups is 1. The molecule has 0 atom stereocenters. The molecule has 2 rings (SSSR count). The van der Waals surface area contributed by atoms with Crippen molar-refractivity contribution < 1.29 is 14.3 Å². The van der Waals surface area contributed by atoms with E-state index in [2.05, 4.69) is 15.8 Å². The fourth-order valence-corrected chi connectivity index (χ4v) is 3.00. The molecule has 27 heavy (non-hydrogen) atoms. The van der Waals surface area contributed by atoms with Crippen LogP contribution in [0.2, 0.25) is 10.0 Å². The predicted molar refractivity (Wildman–Crippen MR) is 106 cm³/mol. The first-order valence-corrected chi connectivity index (χ1v) is 8.85. The van der Waals surface area contributed by atoms with Crippen LogP contribution in [-0.2, 0) is 14.3 Å². The van der Waals surface area contributed by atoms with E-state index in [1.807, 2.05) is 30.5 Å². The molecule has 0 saturated carbocycles. The van der Waals surface area contributed by atoms with Gasteiger partial charge in [-0.1, -0.05) is 23.2 Å². The first-order chi connectivity index (χ1) is 12.8. The van der Waals surface area contributed by atoms with Gasteiger partial charge in [0.2, 0.25) is 0 Å². The second-order valence-electron chi connectivity index (χ2n) is 5.71. The van der Waals surface area contributed by atoms with Crippen molar-refractivity contribution in [3.63, 3.8) is 0 Å². The molecular weight excluding hydrogens is 391 g/mol. The molecule has 7 nitrogen and oxygen atoms in total. The molecule has 0 aliphatic carbocycles. The molecule has 0 fully saturated rings. The third-order valence-corrected chi connectivity index (χ3v) is 4.33. The number of halogens is 2. The van der Waals surface area contributed by atoms with Crippen LogP contribution in [0, 0.1) is 13.8 Å². The number of nitrogens with one attached hydrogen (secondary N) is 2. The van der Waals surface area contributed by atoms with Gasteiger partial charge in [-0.3, -0.25) is 9.59 Å². The van der Waals surface area contributed by atoms with Crippen LogP contribution in [0.1, 0.15) is 17.0 Å². The van der Waals surface area contributed by atoms with E-state index < -0.39 is 11.8 Å². The zero-order valence-electron chi connectivity index (χ0n) is 15.2. The lowest BCUT2D eigenvalue weighted by atomic mass is 10.2. The van der Waals surface area contributed by atoms with E-state index >= 15 is 0 Å². The molecule has 9 heteroatoms. The standard InChI is InChI=1S/C18H20Cl2N4O3/c1-11-8-13(10-22-23-18(26)17(25)21-6-7-27-3)12(2)24(11)16-5-4-14(19)9-15(16)20/h4-5,8-10H,6-7H2,1-3H3,(H,21,25)(H,23,26)/b22-10-. The molecule has 144 valence electrons. The van der Waals surface area contributed by atoms with Gasteiger partial charge in [0, 0.05) is 35.6 Å². The smallest absolute Gasteiger partial charge is 0.329 e. The first-order valence-electron chi connectivity index (χ1n) is 8.09. The van der Waals surface area contributed by atoms with Crippen molar-refractivity contribution in [3.05, 3.63) is 51.3 Å². The molecule has 1 aromatic heterocycles. The molecular formula is C18H20Cl2N4O3. The third-order valence-electron chi connectivity index (χ3n) is 3.79. The van der Waals surface area contributed by atoms with Gasteiger partial charge >= 0.3 is 11.8 Å². The zero-order valence-corrected chi connectivity index (χ0v) is 16.7. The minimum absolute atomic E-state index is 0.246. The Balaban J connectivity index is 2.11. The molecule has 2 N–H and O–H groups in total. The summed E-state index contributed by atoms with van der Waals surface area (Å²) in [6.07, 6.45) is 1.48. The van der Waals surface area contributed by atoms with Gasteiger partial charge in [-0.05, 0) is 38.1 Å². The summed E-state index contributed by atoms with van der Waals surface area (Å²) in [6.45, 7) is 4.40. The molecule has 0 spiro atoms. The van der Waals surface area contributed by atoms with Gasteiger partial charge in [-0.2, -0.15) is 5.10 Å². The minimum atomic E-state index is -0.850. The number of aromatic nitrogens is 1. The van der Waals surface area contributed by atoms with Crippen LogP contribution < -0.4 is 10.7 Å². The summed E-state index contributed by atoms with van der Waals surface area (Å²) < 4.78 is 6.75. The van der Waals surface area contributed by atoms with E-state index in [1.165, 1.54) is 13.3 Å². The Hall–Kier alpha value is -2.35. The van der Waals surface area contributed by atoms with Crippen molar-refractivity contribution in [2.45, 2.75) is 13.8 Å². The van der Waals surface area contributed by atoms with Gasteiger partial charge in [-0.15, -0.1) is 0 Å². The van der Waals surface area contributed by atoms with Gasteiger partial charge in [0.05, 0.1) is 23.5 Å². The van der Waals surface area contributed by atoms with E-state index in [0.717, 1.165) is 22.6 Å². The van der Waals surface area contributed by atoms with Crippen LogP contribution in [-0.4, -0.2) is 42.9 Å². The van der Waals surface area contributed by atoms with E-state index in [0.29, 0.717) is 16.7 Å². The SMILES string of the molecule is COCCNC(=O)C(=O)N/N=C\c1cc(C)n(-c2ccc(Cl)cc2Cl)c1C. The molecule has 0 aliphatic heterocycles. The molecule has 0 radical (unpaired) electrons. The second-order valence-corrected chi connectivity index (χ2v) is 6.55. The highest BCUT2D eigenvalue weighted by Crippen LogP contribution is 2.28. The number of aryl methyl sites for hydroxylation is 1. The summed E-state index contributed by atoms with van der Waals surface area (Å²) in [4.78, 5) is 23.2. The Morgan fingerprint density at radius 1 is 1.22 bits per heavy atom. The summed E-state index contributed by atoms with van der Waals surface area (Å²) in [5, 5.41) is 7.34. The molecule has 2 amide bonds. The molecule has 1 aromatic carbocycles. The van der Waals surface area contributed by atoms with Crippen LogP contribution in [0.5, 0.6) is 0 Å². The predicted octanol–water partition coefficient (Wildman–Crippen LogP) is 2.61. The van der Waals surface area contributed by atoms with E-state index in [-0.39, 0.29) is 6.54 Å². The van der Waals surface area contributed by atoms with Crippen molar-refractivity contribution in [1.82, 2.24) is 15.3 Å². The fourth-order valence-electron chi connectivity index (χ4n) is 2.51. The Kier molecular flexibility index (Phi) is 7.41.